The average Bonchev–Trinajstić information content (AvgIpc) is 2.66. The van der Waals surface area contributed by atoms with Gasteiger partial charge in [0.15, 0.2) is 0 Å². The maximum atomic E-state index is 3.95. The second-order valence-corrected chi connectivity index (χ2v) is 3.67. The Kier molecular flexibility index (Phi) is 5.73. The van der Waals surface area contributed by atoms with Crippen LogP contribution in [0.1, 0.15) is 46.0 Å². The van der Waals surface area contributed by atoms with Gasteiger partial charge in [-0.1, -0.05) is 37.7 Å². The molecule has 0 radical (unpaired) electrons. The molecule has 0 aromatic carbocycles. The van der Waals surface area contributed by atoms with Crippen LogP contribution in [0, 0.1) is 0 Å². The first-order valence-corrected chi connectivity index (χ1v) is 5.88. The van der Waals surface area contributed by atoms with E-state index in [1.807, 2.05) is 11.6 Å². The molecule has 86 valence electrons. The fraction of sp³-hybridized carbons (Fsp3) is 0.900. The van der Waals surface area contributed by atoms with Crippen LogP contribution in [0.2, 0.25) is 0 Å². The highest BCUT2D eigenvalue weighted by molar-refractivity contribution is 5.20. The van der Waals surface area contributed by atoms with Crippen molar-refractivity contribution in [1.82, 2.24) is 20.2 Å². The van der Waals surface area contributed by atoms with Gasteiger partial charge >= 0.3 is 0 Å². The Morgan fingerprint density at radius 3 is 2.67 bits per heavy atom. The number of aromatic nitrogens is 4. The Labute approximate surface area is 91.2 Å². The van der Waals surface area contributed by atoms with Gasteiger partial charge in [0, 0.05) is 13.1 Å². The number of unbranched alkanes of at least 4 members (excludes halogenated alkanes) is 4. The molecule has 5 heteroatoms. The molecule has 0 aliphatic heterocycles. The van der Waals surface area contributed by atoms with Gasteiger partial charge in [-0.25, -0.2) is 4.68 Å². The largest absolute Gasteiger partial charge is 0.353 e. The molecule has 1 aromatic heterocycles. The van der Waals surface area contributed by atoms with Crippen molar-refractivity contribution in [3.05, 3.63) is 0 Å². The standard InChI is InChI=1S/C10H21N5/c1-3-5-6-7-8-9-15-10(11-4-2)12-13-14-15/h3-9H2,1-2H3,(H,11,12,14). The number of hydrogen-bond acceptors (Lipinski definition) is 4. The quantitative estimate of drug-likeness (QED) is 0.669. The molecular formula is C10H21N5. The van der Waals surface area contributed by atoms with E-state index in [0.717, 1.165) is 25.5 Å². The molecule has 0 bridgehead atoms. The Bertz CT molecular complexity index is 258. The third-order valence-corrected chi connectivity index (χ3v) is 2.34. The van der Waals surface area contributed by atoms with Crippen LogP contribution in [0.15, 0.2) is 0 Å². The maximum Gasteiger partial charge on any atom is 0.242 e. The zero-order valence-corrected chi connectivity index (χ0v) is 9.74. The minimum Gasteiger partial charge on any atom is -0.353 e. The van der Waals surface area contributed by atoms with Crippen molar-refractivity contribution >= 4 is 5.95 Å². The first-order chi connectivity index (χ1) is 7.38. The van der Waals surface area contributed by atoms with Crippen LogP contribution < -0.4 is 5.32 Å². The Morgan fingerprint density at radius 2 is 1.93 bits per heavy atom. The summed E-state index contributed by atoms with van der Waals surface area (Å²) in [6.45, 7) is 6.04. The van der Waals surface area contributed by atoms with E-state index in [0.29, 0.717) is 0 Å². The molecule has 0 saturated carbocycles. The van der Waals surface area contributed by atoms with Gasteiger partial charge < -0.3 is 5.32 Å². The highest BCUT2D eigenvalue weighted by atomic mass is 15.6. The lowest BCUT2D eigenvalue weighted by molar-refractivity contribution is 0.524. The first kappa shape index (κ1) is 11.9. The van der Waals surface area contributed by atoms with Gasteiger partial charge in [-0.15, -0.1) is 0 Å². The lowest BCUT2D eigenvalue weighted by Gasteiger charge is -2.04. The molecule has 0 spiro atoms. The molecule has 1 aromatic rings. The molecule has 1 heterocycles. The lowest BCUT2D eigenvalue weighted by atomic mass is 10.1. The summed E-state index contributed by atoms with van der Waals surface area (Å²) in [7, 11) is 0. The molecule has 0 aliphatic carbocycles. The lowest BCUT2D eigenvalue weighted by Crippen LogP contribution is -2.08. The number of nitrogens with zero attached hydrogens (tertiary/aromatic N) is 4. The summed E-state index contributed by atoms with van der Waals surface area (Å²) >= 11 is 0. The fourth-order valence-corrected chi connectivity index (χ4v) is 1.51. The highest BCUT2D eigenvalue weighted by Gasteiger charge is 2.02. The molecule has 0 aliphatic rings. The van der Waals surface area contributed by atoms with E-state index in [9.17, 15) is 0 Å². The summed E-state index contributed by atoms with van der Waals surface area (Å²) in [6.07, 6.45) is 6.35. The summed E-state index contributed by atoms with van der Waals surface area (Å²) in [5.41, 5.74) is 0. The molecule has 1 N–H and O–H groups in total. The first-order valence-electron chi connectivity index (χ1n) is 5.88. The monoisotopic (exact) mass is 211 g/mol. The molecule has 0 atom stereocenters. The third-order valence-electron chi connectivity index (χ3n) is 2.34. The van der Waals surface area contributed by atoms with Crippen molar-refractivity contribution in [2.24, 2.45) is 0 Å². The molecule has 5 nitrogen and oxygen atoms in total. The van der Waals surface area contributed by atoms with Crippen LogP contribution >= 0.6 is 0 Å². The predicted molar refractivity (Wildman–Crippen MR) is 60.7 cm³/mol. The van der Waals surface area contributed by atoms with E-state index < -0.39 is 0 Å². The maximum absolute atomic E-state index is 3.95. The van der Waals surface area contributed by atoms with Crippen LogP contribution in [-0.2, 0) is 6.54 Å². The second-order valence-electron chi connectivity index (χ2n) is 3.67. The number of hydrogen-bond donors (Lipinski definition) is 1. The van der Waals surface area contributed by atoms with E-state index in [-0.39, 0.29) is 0 Å². The van der Waals surface area contributed by atoms with Crippen molar-refractivity contribution in [2.75, 3.05) is 11.9 Å². The van der Waals surface area contributed by atoms with Gasteiger partial charge in [-0.2, -0.15) is 0 Å². The molecule has 15 heavy (non-hydrogen) atoms. The van der Waals surface area contributed by atoms with Crippen molar-refractivity contribution in [3.63, 3.8) is 0 Å². The van der Waals surface area contributed by atoms with Gasteiger partial charge in [-0.05, 0) is 23.8 Å². The van der Waals surface area contributed by atoms with Crippen molar-refractivity contribution in [1.29, 1.82) is 0 Å². The minimum absolute atomic E-state index is 0.785. The zero-order chi connectivity index (χ0) is 10.9. The Balaban J connectivity index is 2.21. The molecular weight excluding hydrogens is 190 g/mol. The van der Waals surface area contributed by atoms with E-state index in [1.165, 1.54) is 25.7 Å². The summed E-state index contributed by atoms with van der Waals surface area (Å²) in [5.74, 6) is 0.785. The van der Waals surface area contributed by atoms with E-state index >= 15 is 0 Å². The van der Waals surface area contributed by atoms with Crippen LogP contribution in [0.5, 0.6) is 0 Å². The van der Waals surface area contributed by atoms with Gasteiger partial charge in [0.1, 0.15) is 0 Å². The van der Waals surface area contributed by atoms with Crippen molar-refractivity contribution < 1.29 is 0 Å². The number of rotatable bonds is 8. The SMILES string of the molecule is CCCCCCCn1nnnc1NCC. The van der Waals surface area contributed by atoms with E-state index in [1.54, 1.807) is 0 Å². The summed E-state index contributed by atoms with van der Waals surface area (Å²) in [5, 5.41) is 14.6. The van der Waals surface area contributed by atoms with E-state index in [4.69, 9.17) is 0 Å². The van der Waals surface area contributed by atoms with Gasteiger partial charge in [0.2, 0.25) is 5.95 Å². The third kappa shape index (κ3) is 4.27. The van der Waals surface area contributed by atoms with E-state index in [2.05, 4.69) is 27.8 Å². The van der Waals surface area contributed by atoms with Crippen LogP contribution in [-0.4, -0.2) is 26.8 Å². The summed E-state index contributed by atoms with van der Waals surface area (Å²) in [4.78, 5) is 0. The second kappa shape index (κ2) is 7.20. The smallest absolute Gasteiger partial charge is 0.242 e. The number of anilines is 1. The molecule has 0 amide bonds. The molecule has 0 unspecified atom stereocenters. The van der Waals surface area contributed by atoms with Crippen molar-refractivity contribution in [2.45, 2.75) is 52.5 Å². The fourth-order valence-electron chi connectivity index (χ4n) is 1.51. The average molecular weight is 211 g/mol. The number of nitrogens with one attached hydrogen (secondary N) is 1. The topological polar surface area (TPSA) is 55.6 Å². The summed E-state index contributed by atoms with van der Waals surface area (Å²) in [6, 6.07) is 0. The number of tetrazole rings is 1. The van der Waals surface area contributed by atoms with Crippen molar-refractivity contribution in [3.8, 4) is 0 Å². The van der Waals surface area contributed by atoms with Crippen LogP contribution in [0.25, 0.3) is 0 Å². The van der Waals surface area contributed by atoms with Gasteiger partial charge in [-0.3, -0.25) is 0 Å². The predicted octanol–water partition coefficient (Wildman–Crippen LogP) is 2.08. The Hall–Kier alpha value is -1.13. The normalized spacial score (nSPS) is 10.5. The molecule has 0 saturated heterocycles. The Morgan fingerprint density at radius 1 is 1.13 bits per heavy atom. The van der Waals surface area contributed by atoms with Gasteiger partial charge in [0.05, 0.1) is 0 Å². The van der Waals surface area contributed by atoms with Crippen LogP contribution in [0.4, 0.5) is 5.95 Å². The number of aryl methyl sites for hydroxylation is 1. The zero-order valence-electron chi connectivity index (χ0n) is 9.74. The van der Waals surface area contributed by atoms with Crippen LogP contribution in [0.3, 0.4) is 0 Å². The van der Waals surface area contributed by atoms with Gasteiger partial charge in [0.25, 0.3) is 0 Å². The molecule has 1 rings (SSSR count). The molecule has 0 fully saturated rings. The summed E-state index contributed by atoms with van der Waals surface area (Å²) < 4.78 is 1.84. The highest BCUT2D eigenvalue weighted by Crippen LogP contribution is 2.06. The minimum atomic E-state index is 0.785.